The molecule has 1 fully saturated rings. The minimum Gasteiger partial charge on any atom is -0.366 e. The first kappa shape index (κ1) is 23.7. The molecule has 1 aliphatic heterocycles. The van der Waals surface area contributed by atoms with Crippen molar-refractivity contribution in [3.05, 3.63) is 67.0 Å². The number of aromatic nitrogens is 4. The first-order valence-corrected chi connectivity index (χ1v) is 12.1. The second-order valence-corrected chi connectivity index (χ2v) is 9.33. The fraction of sp³-hybridized carbons (Fsp3) is 0.333. The van der Waals surface area contributed by atoms with E-state index < -0.39 is 0 Å². The highest BCUT2D eigenvalue weighted by Gasteiger charge is 2.40. The lowest BCUT2D eigenvalue weighted by molar-refractivity contribution is 0.118. The van der Waals surface area contributed by atoms with Gasteiger partial charge in [-0.2, -0.15) is 5.26 Å². The molecule has 5 rings (SSSR count). The van der Waals surface area contributed by atoms with Gasteiger partial charge in [0.2, 0.25) is 0 Å². The number of nitrogens with one attached hydrogen (secondary N) is 2. The SMILES string of the molecule is C=C(NC=NC)c1cc(N[C@@H]2CCCN(C3(CC#N)[CH]C=C3)C2)nc(-c2cnc3ccc(C)cn23)n1.[HH].[HH]. The van der Waals surface area contributed by atoms with Gasteiger partial charge in [0.25, 0.3) is 0 Å². The van der Waals surface area contributed by atoms with Gasteiger partial charge in [-0.05, 0) is 37.9 Å². The van der Waals surface area contributed by atoms with E-state index >= 15 is 0 Å². The molecule has 0 aromatic carbocycles. The highest BCUT2D eigenvalue weighted by molar-refractivity contribution is 5.75. The van der Waals surface area contributed by atoms with Crippen LogP contribution in [-0.2, 0) is 0 Å². The summed E-state index contributed by atoms with van der Waals surface area (Å²) in [6, 6.07) is 8.48. The minimum atomic E-state index is -0.247. The fourth-order valence-electron chi connectivity index (χ4n) is 4.83. The summed E-state index contributed by atoms with van der Waals surface area (Å²) in [4.78, 5) is 20.6. The topological polar surface area (TPSA) is 107 Å². The van der Waals surface area contributed by atoms with Crippen molar-refractivity contribution in [2.45, 2.75) is 37.8 Å². The van der Waals surface area contributed by atoms with E-state index in [1.54, 1.807) is 19.6 Å². The Morgan fingerprint density at radius 3 is 3.03 bits per heavy atom. The molecule has 3 aromatic heterocycles. The molecule has 2 aliphatic rings. The molecule has 187 valence electrons. The van der Waals surface area contributed by atoms with Gasteiger partial charge in [-0.1, -0.05) is 24.8 Å². The first-order valence-electron chi connectivity index (χ1n) is 12.1. The van der Waals surface area contributed by atoms with Crippen LogP contribution in [0.1, 0.15) is 33.4 Å². The molecule has 0 spiro atoms. The molecule has 1 aliphatic carbocycles. The molecule has 3 aromatic rings. The third-order valence-electron chi connectivity index (χ3n) is 6.78. The van der Waals surface area contributed by atoms with Crippen molar-refractivity contribution in [1.82, 2.24) is 29.6 Å². The maximum Gasteiger partial charge on any atom is 0.180 e. The number of nitrogens with zero attached hydrogens (tertiary/aromatic N) is 7. The molecular weight excluding hydrogens is 450 g/mol. The molecule has 0 saturated carbocycles. The van der Waals surface area contributed by atoms with Crippen LogP contribution in [0.3, 0.4) is 0 Å². The number of hydrogen-bond acceptors (Lipinski definition) is 7. The second-order valence-electron chi connectivity index (χ2n) is 9.33. The average Bonchev–Trinajstić information content (AvgIpc) is 3.27. The van der Waals surface area contributed by atoms with E-state index in [2.05, 4.69) is 50.7 Å². The van der Waals surface area contributed by atoms with Crippen LogP contribution in [0.4, 0.5) is 5.82 Å². The zero-order valence-corrected chi connectivity index (χ0v) is 20.6. The van der Waals surface area contributed by atoms with E-state index in [1.807, 2.05) is 41.8 Å². The molecule has 2 N–H and O–H groups in total. The maximum absolute atomic E-state index is 9.36. The Hall–Kier alpha value is -4.03. The zero-order chi connectivity index (χ0) is 25.1. The zero-order valence-electron chi connectivity index (χ0n) is 20.6. The monoisotopic (exact) mass is 484 g/mol. The summed E-state index contributed by atoms with van der Waals surface area (Å²) in [5.41, 5.74) is 3.83. The second kappa shape index (κ2) is 9.91. The summed E-state index contributed by atoms with van der Waals surface area (Å²) in [6.45, 7) is 7.99. The molecule has 36 heavy (non-hydrogen) atoms. The van der Waals surface area contributed by atoms with Crippen LogP contribution in [0.2, 0.25) is 0 Å². The molecule has 9 nitrogen and oxygen atoms in total. The van der Waals surface area contributed by atoms with Crippen molar-refractivity contribution < 1.29 is 2.85 Å². The average molecular weight is 485 g/mol. The minimum absolute atomic E-state index is 0. The smallest absolute Gasteiger partial charge is 0.180 e. The van der Waals surface area contributed by atoms with E-state index in [1.165, 1.54) is 0 Å². The molecule has 4 heterocycles. The number of anilines is 1. The van der Waals surface area contributed by atoms with Crippen LogP contribution in [0, 0.1) is 24.7 Å². The number of hydrogen-bond donors (Lipinski definition) is 2. The number of aliphatic imine (C=N–C) groups is 1. The number of rotatable bonds is 8. The van der Waals surface area contributed by atoms with Gasteiger partial charge < -0.3 is 10.6 Å². The molecule has 1 saturated heterocycles. The van der Waals surface area contributed by atoms with Crippen LogP contribution in [0.15, 0.2) is 54.3 Å². The van der Waals surface area contributed by atoms with Crippen LogP contribution < -0.4 is 10.6 Å². The van der Waals surface area contributed by atoms with E-state index in [4.69, 9.17) is 9.97 Å². The molecule has 1 radical (unpaired) electrons. The number of piperidine rings is 1. The normalized spacial score (nSPS) is 21.9. The quantitative estimate of drug-likeness (QED) is 0.366. The summed E-state index contributed by atoms with van der Waals surface area (Å²) in [5, 5.41) is 16.1. The van der Waals surface area contributed by atoms with Crippen molar-refractivity contribution in [1.29, 1.82) is 5.26 Å². The Morgan fingerprint density at radius 1 is 1.42 bits per heavy atom. The van der Waals surface area contributed by atoms with Crippen molar-refractivity contribution in [2.75, 3.05) is 25.5 Å². The molecular formula is C27H34N9. The van der Waals surface area contributed by atoms with Gasteiger partial charge >= 0.3 is 0 Å². The van der Waals surface area contributed by atoms with E-state index in [9.17, 15) is 5.26 Å². The third kappa shape index (κ3) is 4.60. The number of likely N-dealkylation sites (tertiary alicyclic amines) is 1. The highest BCUT2D eigenvalue weighted by atomic mass is 15.2. The van der Waals surface area contributed by atoms with E-state index in [0.717, 1.165) is 48.7 Å². The fourth-order valence-corrected chi connectivity index (χ4v) is 4.83. The number of fused-ring (bicyclic) bond motifs is 1. The number of imidazole rings is 1. The van der Waals surface area contributed by atoms with Gasteiger partial charge in [-0.25, -0.2) is 15.0 Å². The van der Waals surface area contributed by atoms with Gasteiger partial charge in [-0.3, -0.25) is 14.3 Å². The van der Waals surface area contributed by atoms with Crippen LogP contribution in [0.5, 0.6) is 0 Å². The van der Waals surface area contributed by atoms with Gasteiger partial charge in [0.1, 0.15) is 17.2 Å². The Bertz CT molecular complexity index is 1390. The van der Waals surface area contributed by atoms with Gasteiger partial charge in [0.05, 0.1) is 42.0 Å². The van der Waals surface area contributed by atoms with Gasteiger partial charge in [0.15, 0.2) is 5.82 Å². The lowest BCUT2D eigenvalue weighted by Gasteiger charge is -2.48. The molecule has 0 bridgehead atoms. The Labute approximate surface area is 214 Å². The molecule has 9 heteroatoms. The number of aryl methyl sites for hydroxylation is 1. The van der Waals surface area contributed by atoms with Crippen molar-refractivity contribution in [3.63, 3.8) is 0 Å². The van der Waals surface area contributed by atoms with Crippen LogP contribution in [0.25, 0.3) is 22.9 Å². The lowest BCUT2D eigenvalue weighted by atomic mass is 9.79. The summed E-state index contributed by atoms with van der Waals surface area (Å²) >= 11 is 0. The number of pyridine rings is 1. The Balaban J connectivity index is 0.00000200. The number of nitriles is 1. The highest BCUT2D eigenvalue weighted by Crippen LogP contribution is 2.35. The maximum atomic E-state index is 9.36. The van der Waals surface area contributed by atoms with Gasteiger partial charge in [0, 0.05) is 41.2 Å². The van der Waals surface area contributed by atoms with E-state index in [0.29, 0.717) is 23.6 Å². The van der Waals surface area contributed by atoms with Crippen molar-refractivity contribution in [3.8, 4) is 17.6 Å². The molecule has 0 amide bonds. The van der Waals surface area contributed by atoms with Crippen LogP contribution in [-0.4, -0.2) is 62.3 Å². The summed E-state index contributed by atoms with van der Waals surface area (Å²) < 4.78 is 2.01. The van der Waals surface area contributed by atoms with Gasteiger partial charge in [-0.15, -0.1) is 0 Å². The summed E-state index contributed by atoms with van der Waals surface area (Å²) in [5.74, 6) is 1.29. The van der Waals surface area contributed by atoms with Crippen molar-refractivity contribution >= 4 is 23.5 Å². The lowest BCUT2D eigenvalue weighted by Crippen LogP contribution is -2.56. The summed E-state index contributed by atoms with van der Waals surface area (Å²) in [6.07, 6.45) is 14.3. The Morgan fingerprint density at radius 2 is 2.28 bits per heavy atom. The predicted octanol–water partition coefficient (Wildman–Crippen LogP) is 4.11. The third-order valence-corrected chi connectivity index (χ3v) is 6.78. The Kier molecular flexibility index (Phi) is 6.53. The first-order chi connectivity index (χ1) is 17.5. The predicted molar refractivity (Wildman–Crippen MR) is 146 cm³/mol. The van der Waals surface area contributed by atoms with Crippen molar-refractivity contribution in [2.24, 2.45) is 4.99 Å². The standard InChI is InChI=1S/C27H30N9.2H2/c1-19-7-8-25-30-15-23(36(25)16-19)26-33-22(20(2)31-18-29-3)14-24(34-26)32-21-6-4-13-35(17-21)27(11-12-28)9-5-10-27;;/h5,7-10,14-16,18,21H,2,4,6,11,13,17H2,1,3H3,(H,29,31)(H,32,33,34);2*1H/t21-;;/m1../s1. The molecule has 1 unspecified atom stereocenters. The molecule has 2 atom stereocenters. The largest absolute Gasteiger partial charge is 0.366 e. The van der Waals surface area contributed by atoms with E-state index in [-0.39, 0.29) is 14.4 Å². The summed E-state index contributed by atoms with van der Waals surface area (Å²) in [7, 11) is 1.70. The van der Waals surface area contributed by atoms with Crippen LogP contribution >= 0.6 is 0 Å².